The molecule has 0 aliphatic carbocycles. The molecule has 20 heavy (non-hydrogen) atoms. The highest BCUT2D eigenvalue weighted by atomic mass is 16.2. The van der Waals surface area contributed by atoms with Gasteiger partial charge in [-0.1, -0.05) is 29.8 Å². The second kappa shape index (κ2) is 6.89. The third kappa shape index (κ3) is 3.83. The predicted molar refractivity (Wildman–Crippen MR) is 82.8 cm³/mol. The van der Waals surface area contributed by atoms with Crippen LogP contribution in [0.3, 0.4) is 0 Å². The Kier molecular flexibility index (Phi) is 5.18. The first kappa shape index (κ1) is 15.0. The molecule has 2 unspecified atom stereocenters. The number of hydrogen-bond donors (Lipinski definition) is 1. The second-order valence-corrected chi connectivity index (χ2v) is 5.91. The van der Waals surface area contributed by atoms with E-state index in [0.29, 0.717) is 24.4 Å². The van der Waals surface area contributed by atoms with Crippen LogP contribution in [0.15, 0.2) is 24.3 Å². The van der Waals surface area contributed by atoms with Crippen LogP contribution in [-0.2, 0) is 11.2 Å². The summed E-state index contributed by atoms with van der Waals surface area (Å²) in [5.74, 6) is 0.304. The summed E-state index contributed by atoms with van der Waals surface area (Å²) < 4.78 is 0. The molecular weight excluding hydrogens is 248 g/mol. The van der Waals surface area contributed by atoms with E-state index in [1.807, 2.05) is 4.90 Å². The Morgan fingerprint density at radius 2 is 2.00 bits per heavy atom. The Labute approximate surface area is 122 Å². The lowest BCUT2D eigenvalue weighted by Gasteiger charge is -2.38. The van der Waals surface area contributed by atoms with Crippen molar-refractivity contribution >= 4 is 5.91 Å². The SMILES string of the molecule is Cc1ccc(CCCC(=O)N2CCNC(C)C2C)cc1. The van der Waals surface area contributed by atoms with E-state index in [1.165, 1.54) is 11.1 Å². The van der Waals surface area contributed by atoms with Gasteiger partial charge >= 0.3 is 0 Å². The van der Waals surface area contributed by atoms with E-state index in [-0.39, 0.29) is 0 Å². The lowest BCUT2D eigenvalue weighted by molar-refractivity contribution is -0.134. The molecule has 3 heteroatoms. The molecule has 0 spiro atoms. The van der Waals surface area contributed by atoms with Crippen LogP contribution < -0.4 is 5.32 Å². The van der Waals surface area contributed by atoms with Gasteiger partial charge in [-0.15, -0.1) is 0 Å². The first-order chi connectivity index (χ1) is 9.58. The standard InChI is InChI=1S/C17H26N2O/c1-13-7-9-16(10-8-13)5-4-6-17(20)19-12-11-18-14(2)15(19)3/h7-10,14-15,18H,4-6,11-12H2,1-3H3. The van der Waals surface area contributed by atoms with Crippen LogP contribution in [0.25, 0.3) is 0 Å². The summed E-state index contributed by atoms with van der Waals surface area (Å²) in [5, 5.41) is 3.41. The minimum Gasteiger partial charge on any atom is -0.337 e. The number of aryl methyl sites for hydroxylation is 2. The van der Waals surface area contributed by atoms with Crippen LogP contribution in [-0.4, -0.2) is 36.0 Å². The number of benzene rings is 1. The van der Waals surface area contributed by atoms with Gasteiger partial charge in [0.05, 0.1) is 0 Å². The van der Waals surface area contributed by atoms with Gasteiger partial charge in [-0.05, 0) is 39.2 Å². The molecule has 1 aromatic carbocycles. The summed E-state index contributed by atoms with van der Waals surface area (Å²) in [5.41, 5.74) is 2.61. The Hall–Kier alpha value is -1.35. The Bertz CT molecular complexity index is 441. The third-order valence-electron chi connectivity index (χ3n) is 4.33. The summed E-state index contributed by atoms with van der Waals surface area (Å²) in [4.78, 5) is 14.3. The predicted octanol–water partition coefficient (Wildman–Crippen LogP) is 2.53. The fraction of sp³-hybridized carbons (Fsp3) is 0.588. The summed E-state index contributed by atoms with van der Waals surface area (Å²) in [6.45, 7) is 8.13. The van der Waals surface area contributed by atoms with Crippen molar-refractivity contribution in [2.24, 2.45) is 0 Å². The molecule has 1 heterocycles. The third-order valence-corrected chi connectivity index (χ3v) is 4.33. The zero-order valence-corrected chi connectivity index (χ0v) is 12.9. The highest BCUT2D eigenvalue weighted by Crippen LogP contribution is 2.13. The van der Waals surface area contributed by atoms with Gasteiger partial charge < -0.3 is 10.2 Å². The molecule has 1 N–H and O–H groups in total. The molecule has 110 valence electrons. The fourth-order valence-corrected chi connectivity index (χ4v) is 2.75. The molecule has 0 saturated carbocycles. The topological polar surface area (TPSA) is 32.3 Å². The zero-order valence-electron chi connectivity index (χ0n) is 12.9. The molecule has 2 rings (SSSR count). The number of hydrogen-bond acceptors (Lipinski definition) is 2. The Balaban J connectivity index is 1.78. The van der Waals surface area contributed by atoms with Crippen molar-refractivity contribution in [1.29, 1.82) is 0 Å². The van der Waals surface area contributed by atoms with Crippen LogP contribution in [0.1, 0.15) is 37.8 Å². The summed E-state index contributed by atoms with van der Waals surface area (Å²) in [6, 6.07) is 9.29. The molecule has 1 aliphatic rings. The smallest absolute Gasteiger partial charge is 0.222 e. The van der Waals surface area contributed by atoms with Crippen molar-refractivity contribution in [1.82, 2.24) is 10.2 Å². The van der Waals surface area contributed by atoms with Gasteiger partial charge in [0.2, 0.25) is 5.91 Å². The van der Waals surface area contributed by atoms with E-state index < -0.39 is 0 Å². The molecule has 1 amide bonds. The molecule has 3 nitrogen and oxygen atoms in total. The van der Waals surface area contributed by atoms with Crippen molar-refractivity contribution in [3.8, 4) is 0 Å². The average Bonchev–Trinajstić information content (AvgIpc) is 2.44. The van der Waals surface area contributed by atoms with E-state index in [0.717, 1.165) is 25.9 Å². The molecule has 2 atom stereocenters. The normalized spacial score (nSPS) is 22.9. The molecule has 0 aromatic heterocycles. The first-order valence-corrected chi connectivity index (χ1v) is 7.66. The van der Waals surface area contributed by atoms with Crippen molar-refractivity contribution in [3.05, 3.63) is 35.4 Å². The molecule has 1 aliphatic heterocycles. The minimum absolute atomic E-state index is 0.302. The lowest BCUT2D eigenvalue weighted by atomic mass is 10.0. The number of nitrogens with one attached hydrogen (secondary N) is 1. The van der Waals surface area contributed by atoms with E-state index in [4.69, 9.17) is 0 Å². The van der Waals surface area contributed by atoms with Crippen LogP contribution in [0.2, 0.25) is 0 Å². The maximum atomic E-state index is 12.3. The van der Waals surface area contributed by atoms with Crippen LogP contribution >= 0.6 is 0 Å². The number of amides is 1. The maximum absolute atomic E-state index is 12.3. The molecular formula is C17H26N2O. The second-order valence-electron chi connectivity index (χ2n) is 5.91. The largest absolute Gasteiger partial charge is 0.337 e. The van der Waals surface area contributed by atoms with Gasteiger partial charge in [0.1, 0.15) is 0 Å². The van der Waals surface area contributed by atoms with Gasteiger partial charge in [-0.25, -0.2) is 0 Å². The van der Waals surface area contributed by atoms with Crippen LogP contribution in [0.4, 0.5) is 0 Å². The summed E-state index contributed by atoms with van der Waals surface area (Å²) in [6.07, 6.45) is 2.58. The number of piperazine rings is 1. The van der Waals surface area contributed by atoms with Gasteiger partial charge in [0, 0.05) is 31.6 Å². The lowest BCUT2D eigenvalue weighted by Crippen LogP contribution is -2.57. The van der Waals surface area contributed by atoms with Gasteiger partial charge in [-0.2, -0.15) is 0 Å². The van der Waals surface area contributed by atoms with E-state index in [1.54, 1.807) is 0 Å². The molecule has 0 bridgehead atoms. The van der Waals surface area contributed by atoms with Crippen molar-refractivity contribution in [2.45, 2.75) is 52.1 Å². The Morgan fingerprint density at radius 3 is 2.70 bits per heavy atom. The molecule has 1 saturated heterocycles. The molecule has 0 radical (unpaired) electrons. The average molecular weight is 274 g/mol. The highest BCUT2D eigenvalue weighted by Gasteiger charge is 2.27. The van der Waals surface area contributed by atoms with E-state index in [9.17, 15) is 4.79 Å². The number of rotatable bonds is 4. The van der Waals surface area contributed by atoms with Crippen LogP contribution in [0, 0.1) is 6.92 Å². The molecule has 1 aromatic rings. The Morgan fingerprint density at radius 1 is 1.30 bits per heavy atom. The number of carbonyl (C=O) groups excluding carboxylic acids is 1. The van der Waals surface area contributed by atoms with E-state index in [2.05, 4.69) is 50.4 Å². The highest BCUT2D eigenvalue weighted by molar-refractivity contribution is 5.76. The van der Waals surface area contributed by atoms with Gasteiger partial charge in [-0.3, -0.25) is 4.79 Å². The number of nitrogens with zero attached hydrogens (tertiary/aromatic N) is 1. The summed E-state index contributed by atoms with van der Waals surface area (Å²) >= 11 is 0. The maximum Gasteiger partial charge on any atom is 0.222 e. The van der Waals surface area contributed by atoms with Gasteiger partial charge in [0.15, 0.2) is 0 Å². The van der Waals surface area contributed by atoms with Gasteiger partial charge in [0.25, 0.3) is 0 Å². The van der Waals surface area contributed by atoms with Crippen LogP contribution in [0.5, 0.6) is 0 Å². The summed E-state index contributed by atoms with van der Waals surface area (Å²) in [7, 11) is 0. The minimum atomic E-state index is 0.302. The van der Waals surface area contributed by atoms with E-state index >= 15 is 0 Å². The van der Waals surface area contributed by atoms with Crippen molar-refractivity contribution in [3.63, 3.8) is 0 Å². The molecule has 1 fully saturated rings. The quantitative estimate of drug-likeness (QED) is 0.915. The van der Waals surface area contributed by atoms with Crippen molar-refractivity contribution < 1.29 is 4.79 Å². The monoisotopic (exact) mass is 274 g/mol. The zero-order chi connectivity index (χ0) is 14.5. The fourth-order valence-electron chi connectivity index (χ4n) is 2.75. The number of carbonyl (C=O) groups is 1. The van der Waals surface area contributed by atoms with Crippen molar-refractivity contribution in [2.75, 3.05) is 13.1 Å². The first-order valence-electron chi connectivity index (χ1n) is 7.66.